The average molecular weight is 308 g/mol. The van der Waals surface area contributed by atoms with Crippen LogP contribution in [0.5, 0.6) is 0 Å². The molecule has 16 heavy (non-hydrogen) atoms. The van der Waals surface area contributed by atoms with Gasteiger partial charge in [0.05, 0.1) is 0 Å². The Kier molecular flexibility index (Phi) is 3.28. The number of rotatable bonds is 2. The summed E-state index contributed by atoms with van der Waals surface area (Å²) >= 11 is 2.64. The third-order valence-corrected chi connectivity index (χ3v) is 2.52. The minimum absolute atomic E-state index is 0.375. The SMILES string of the molecule is CC(C)n1nnc(C(F)(F)C(F)(F)F)c1Br. The van der Waals surface area contributed by atoms with Gasteiger partial charge >= 0.3 is 12.1 Å². The van der Waals surface area contributed by atoms with E-state index < -0.39 is 22.4 Å². The minimum Gasteiger partial charge on any atom is -0.235 e. The molecule has 0 spiro atoms. The molecule has 0 bridgehead atoms. The van der Waals surface area contributed by atoms with E-state index in [0.717, 1.165) is 4.68 Å². The van der Waals surface area contributed by atoms with E-state index >= 15 is 0 Å². The van der Waals surface area contributed by atoms with Crippen LogP contribution in [0.25, 0.3) is 0 Å². The van der Waals surface area contributed by atoms with Crippen molar-refractivity contribution in [3.63, 3.8) is 0 Å². The van der Waals surface area contributed by atoms with Crippen LogP contribution in [-0.2, 0) is 5.92 Å². The predicted molar refractivity (Wildman–Crippen MR) is 48.1 cm³/mol. The van der Waals surface area contributed by atoms with Crippen LogP contribution in [0.4, 0.5) is 22.0 Å². The second-order valence-electron chi connectivity index (χ2n) is 3.34. The summed E-state index contributed by atoms with van der Waals surface area (Å²) in [6.45, 7) is 3.16. The number of nitrogens with zero attached hydrogens (tertiary/aromatic N) is 3. The summed E-state index contributed by atoms with van der Waals surface area (Å²) in [5, 5.41) is 6.11. The molecule has 0 N–H and O–H groups in total. The Morgan fingerprint density at radius 3 is 2.00 bits per heavy atom. The van der Waals surface area contributed by atoms with Gasteiger partial charge in [0.2, 0.25) is 0 Å². The second-order valence-corrected chi connectivity index (χ2v) is 4.09. The molecule has 0 aliphatic rings. The molecule has 1 aromatic heterocycles. The maximum atomic E-state index is 12.9. The number of alkyl halides is 5. The summed E-state index contributed by atoms with van der Waals surface area (Å²) in [5.41, 5.74) is -1.42. The molecular formula is C7H7BrF5N3. The van der Waals surface area contributed by atoms with E-state index in [1.807, 2.05) is 0 Å². The van der Waals surface area contributed by atoms with Gasteiger partial charge in [-0.3, -0.25) is 0 Å². The van der Waals surface area contributed by atoms with Gasteiger partial charge in [0.25, 0.3) is 0 Å². The highest BCUT2D eigenvalue weighted by atomic mass is 79.9. The Bertz CT molecular complexity index is 384. The monoisotopic (exact) mass is 307 g/mol. The summed E-state index contributed by atoms with van der Waals surface area (Å²) in [4.78, 5) is 0. The van der Waals surface area contributed by atoms with Crippen molar-refractivity contribution < 1.29 is 22.0 Å². The van der Waals surface area contributed by atoms with Crippen LogP contribution in [0.1, 0.15) is 25.6 Å². The highest BCUT2D eigenvalue weighted by Gasteiger charge is 2.61. The van der Waals surface area contributed by atoms with Crippen LogP contribution >= 0.6 is 15.9 Å². The smallest absolute Gasteiger partial charge is 0.235 e. The topological polar surface area (TPSA) is 30.7 Å². The summed E-state index contributed by atoms with van der Waals surface area (Å²) in [6.07, 6.45) is -5.69. The van der Waals surface area contributed by atoms with Crippen molar-refractivity contribution in [3.8, 4) is 0 Å². The maximum Gasteiger partial charge on any atom is 0.459 e. The standard InChI is InChI=1S/C7H7BrF5N3/c1-3(2)16-5(8)4(14-15-16)6(9,10)7(11,12)13/h3H,1-2H3. The molecule has 0 saturated heterocycles. The third kappa shape index (κ3) is 2.04. The average Bonchev–Trinajstić information content (AvgIpc) is 2.44. The molecule has 0 aromatic carbocycles. The molecule has 1 heterocycles. The van der Waals surface area contributed by atoms with Crippen molar-refractivity contribution in [2.24, 2.45) is 0 Å². The van der Waals surface area contributed by atoms with Crippen LogP contribution in [0.3, 0.4) is 0 Å². The molecule has 0 aliphatic heterocycles. The van der Waals surface area contributed by atoms with Gasteiger partial charge in [-0.25, -0.2) is 4.68 Å². The van der Waals surface area contributed by atoms with Gasteiger partial charge in [-0.2, -0.15) is 22.0 Å². The van der Waals surface area contributed by atoms with Crippen LogP contribution in [0, 0.1) is 0 Å². The first-order chi connectivity index (χ1) is 7.09. The lowest BCUT2D eigenvalue weighted by molar-refractivity contribution is -0.291. The van der Waals surface area contributed by atoms with Crippen LogP contribution < -0.4 is 0 Å². The Morgan fingerprint density at radius 2 is 1.69 bits per heavy atom. The molecule has 0 saturated carbocycles. The van der Waals surface area contributed by atoms with Gasteiger partial charge in [0, 0.05) is 6.04 Å². The fourth-order valence-electron chi connectivity index (χ4n) is 0.938. The lowest BCUT2D eigenvalue weighted by Gasteiger charge is -2.17. The fraction of sp³-hybridized carbons (Fsp3) is 0.714. The van der Waals surface area contributed by atoms with E-state index in [0.29, 0.717) is 0 Å². The van der Waals surface area contributed by atoms with Crippen molar-refractivity contribution in [1.82, 2.24) is 15.0 Å². The van der Waals surface area contributed by atoms with E-state index in [9.17, 15) is 22.0 Å². The quantitative estimate of drug-likeness (QED) is 0.785. The van der Waals surface area contributed by atoms with Gasteiger partial charge in [-0.05, 0) is 29.8 Å². The zero-order chi connectivity index (χ0) is 12.7. The first-order valence-corrected chi connectivity index (χ1v) is 4.94. The summed E-state index contributed by atoms with van der Waals surface area (Å²) in [6, 6.07) is -0.375. The first kappa shape index (κ1) is 13.3. The summed E-state index contributed by atoms with van der Waals surface area (Å²) in [7, 11) is 0. The first-order valence-electron chi connectivity index (χ1n) is 4.14. The van der Waals surface area contributed by atoms with Crippen molar-refractivity contribution in [2.45, 2.75) is 32.0 Å². The molecule has 0 fully saturated rings. The highest BCUT2D eigenvalue weighted by molar-refractivity contribution is 9.10. The van der Waals surface area contributed by atoms with E-state index in [1.54, 1.807) is 13.8 Å². The molecule has 92 valence electrons. The van der Waals surface area contributed by atoms with Gasteiger partial charge < -0.3 is 0 Å². The molecule has 0 aliphatic carbocycles. The number of hydrogen-bond acceptors (Lipinski definition) is 2. The van der Waals surface area contributed by atoms with Crippen LogP contribution in [0.15, 0.2) is 4.60 Å². The number of halogens is 6. The van der Waals surface area contributed by atoms with E-state index in [4.69, 9.17) is 0 Å². The zero-order valence-electron chi connectivity index (χ0n) is 8.19. The molecule has 9 heteroatoms. The van der Waals surface area contributed by atoms with Crippen molar-refractivity contribution in [3.05, 3.63) is 10.3 Å². The number of hydrogen-bond donors (Lipinski definition) is 0. The largest absolute Gasteiger partial charge is 0.459 e. The van der Waals surface area contributed by atoms with Crippen molar-refractivity contribution >= 4 is 15.9 Å². The Hall–Kier alpha value is -0.730. The third-order valence-electron chi connectivity index (χ3n) is 1.78. The highest BCUT2D eigenvalue weighted by Crippen LogP contribution is 2.45. The molecular weight excluding hydrogens is 301 g/mol. The molecule has 0 unspecified atom stereocenters. The minimum atomic E-state index is -5.69. The van der Waals surface area contributed by atoms with E-state index in [2.05, 4.69) is 26.2 Å². The second kappa shape index (κ2) is 3.94. The molecule has 0 radical (unpaired) electrons. The molecule has 1 aromatic rings. The molecule has 0 amide bonds. The van der Waals surface area contributed by atoms with Crippen molar-refractivity contribution in [1.29, 1.82) is 0 Å². The summed E-state index contributed by atoms with van der Waals surface area (Å²) < 4.78 is 62.5. The number of aromatic nitrogens is 3. The van der Waals surface area contributed by atoms with Crippen LogP contribution in [-0.4, -0.2) is 21.2 Å². The van der Waals surface area contributed by atoms with Gasteiger partial charge in [-0.15, -0.1) is 5.10 Å². The van der Waals surface area contributed by atoms with Gasteiger partial charge in [0.15, 0.2) is 5.69 Å². The van der Waals surface area contributed by atoms with Crippen LogP contribution in [0.2, 0.25) is 0 Å². The maximum absolute atomic E-state index is 12.9. The van der Waals surface area contributed by atoms with Gasteiger partial charge in [0.1, 0.15) is 4.60 Å². The Morgan fingerprint density at radius 1 is 1.19 bits per heavy atom. The fourth-order valence-corrected chi connectivity index (χ4v) is 1.75. The molecule has 1 rings (SSSR count). The van der Waals surface area contributed by atoms with E-state index in [1.165, 1.54) is 0 Å². The lowest BCUT2D eigenvalue weighted by Crippen LogP contribution is -2.34. The summed E-state index contributed by atoms with van der Waals surface area (Å²) in [5.74, 6) is -5.01. The van der Waals surface area contributed by atoms with Crippen molar-refractivity contribution in [2.75, 3.05) is 0 Å². The lowest BCUT2D eigenvalue weighted by atomic mass is 10.2. The molecule has 0 atom stereocenters. The van der Waals surface area contributed by atoms with E-state index in [-0.39, 0.29) is 6.04 Å². The predicted octanol–water partition coefficient (Wildman–Crippen LogP) is 3.28. The van der Waals surface area contributed by atoms with Gasteiger partial charge in [-0.1, -0.05) is 5.21 Å². The zero-order valence-corrected chi connectivity index (χ0v) is 9.77. The normalized spacial score (nSPS) is 13.6. The molecule has 3 nitrogen and oxygen atoms in total. The Balaban J connectivity index is 3.25. The Labute approximate surface area is 95.7 Å².